The summed E-state index contributed by atoms with van der Waals surface area (Å²) in [5, 5.41) is 16.7. The first-order valence-electron chi connectivity index (χ1n) is 10.9. The molecule has 0 aromatic rings. The predicted molar refractivity (Wildman–Crippen MR) is 106 cm³/mol. The van der Waals surface area contributed by atoms with Crippen LogP contribution < -0.4 is 16.0 Å². The van der Waals surface area contributed by atoms with Gasteiger partial charge in [0.15, 0.2) is 0 Å². The van der Waals surface area contributed by atoms with Crippen LogP contribution in [0.1, 0.15) is 40.0 Å². The Labute approximate surface area is 188 Å². The van der Waals surface area contributed by atoms with E-state index >= 15 is 0 Å². The van der Waals surface area contributed by atoms with Crippen LogP contribution in [0.15, 0.2) is 0 Å². The molecular weight excluding hydrogens is 443 g/mol. The van der Waals surface area contributed by atoms with Crippen LogP contribution in [0, 0.1) is 34.0 Å². The maximum atomic E-state index is 13.2. The van der Waals surface area contributed by atoms with E-state index in [1.54, 1.807) is 5.32 Å². The molecule has 1 unspecified atom stereocenters. The molecule has 9 nitrogen and oxygen atoms in total. The minimum absolute atomic E-state index is 0.0187. The maximum absolute atomic E-state index is 13.2. The molecule has 3 saturated heterocycles. The normalized spacial score (nSPS) is 34.8. The summed E-state index contributed by atoms with van der Waals surface area (Å²) in [6.45, 7) is 5.19. The zero-order valence-electron chi connectivity index (χ0n) is 18.5. The van der Waals surface area contributed by atoms with E-state index in [4.69, 9.17) is 0 Å². The number of nitriles is 1. The quantitative estimate of drug-likeness (QED) is 0.512. The van der Waals surface area contributed by atoms with Gasteiger partial charge in [-0.15, -0.1) is 0 Å². The van der Waals surface area contributed by atoms with Crippen LogP contribution in [0.5, 0.6) is 0 Å². The monoisotopic (exact) mass is 469 g/mol. The number of hydrogen-bond donors (Lipinski definition) is 3. The molecule has 0 aromatic heterocycles. The predicted octanol–water partition coefficient (Wildman–Crippen LogP) is 0.213. The first kappa shape index (κ1) is 23.3. The van der Waals surface area contributed by atoms with E-state index < -0.39 is 47.4 Å². The molecule has 0 spiro atoms. The molecule has 180 valence electrons. The van der Waals surface area contributed by atoms with Crippen LogP contribution in [-0.2, 0) is 19.2 Å². The standard InChI is InChI=1S/C21H26F3N5O4/c1-9(26-18(33)21(22,23)24)16(31)29-8-12-13(19(12,2)3)14(29)15(30)27-11(7-25)6-20-4-10(5-20)28-17(20)32/h9-14H,4-6,8H2,1-3H3,(H,26,33)(H,27,30)(H,28,32)/t9-,10-,11?,12-,13-,14-,20+/m0/s1. The van der Waals surface area contributed by atoms with Crippen molar-refractivity contribution in [3.05, 3.63) is 0 Å². The molecule has 3 aliphatic heterocycles. The van der Waals surface area contributed by atoms with Gasteiger partial charge in [-0.1, -0.05) is 13.8 Å². The fourth-order valence-electron chi connectivity index (χ4n) is 5.95. The summed E-state index contributed by atoms with van der Waals surface area (Å²) < 4.78 is 37.7. The van der Waals surface area contributed by atoms with Crippen molar-refractivity contribution >= 4 is 23.6 Å². The largest absolute Gasteiger partial charge is 0.471 e. The number of hydrogen-bond acceptors (Lipinski definition) is 5. The summed E-state index contributed by atoms with van der Waals surface area (Å²) in [7, 11) is 0. The highest BCUT2D eigenvalue weighted by Gasteiger charge is 2.69. The van der Waals surface area contributed by atoms with Crippen LogP contribution in [-0.4, -0.2) is 65.4 Å². The third-order valence-corrected chi connectivity index (χ3v) is 7.89. The number of alkyl halides is 3. The lowest BCUT2D eigenvalue weighted by Crippen LogP contribution is -2.57. The molecule has 5 aliphatic rings. The summed E-state index contributed by atoms with van der Waals surface area (Å²) in [5.41, 5.74) is -0.911. The molecule has 0 radical (unpaired) electrons. The van der Waals surface area contributed by atoms with Gasteiger partial charge in [0.1, 0.15) is 18.1 Å². The number of piperidine rings is 1. The van der Waals surface area contributed by atoms with Crippen molar-refractivity contribution < 1.29 is 32.3 Å². The molecular formula is C21H26F3N5O4. The number of likely N-dealkylation sites (tertiary alicyclic amines) is 1. The van der Waals surface area contributed by atoms with Gasteiger partial charge in [-0.2, -0.15) is 18.4 Å². The van der Waals surface area contributed by atoms with Gasteiger partial charge in [-0.05, 0) is 43.4 Å². The van der Waals surface area contributed by atoms with Crippen molar-refractivity contribution in [3.63, 3.8) is 0 Å². The number of amides is 4. The smallest absolute Gasteiger partial charge is 0.353 e. The van der Waals surface area contributed by atoms with E-state index in [1.165, 1.54) is 4.90 Å². The van der Waals surface area contributed by atoms with E-state index in [0.717, 1.165) is 6.92 Å². The Bertz CT molecular complexity index is 953. The first-order valence-corrected chi connectivity index (χ1v) is 10.9. The summed E-state index contributed by atoms with van der Waals surface area (Å²) >= 11 is 0. The lowest BCUT2D eigenvalue weighted by Gasteiger charge is -2.36. The van der Waals surface area contributed by atoms with E-state index in [9.17, 15) is 37.6 Å². The lowest BCUT2D eigenvalue weighted by molar-refractivity contribution is -0.175. The zero-order chi connectivity index (χ0) is 24.5. The fourth-order valence-corrected chi connectivity index (χ4v) is 5.95. The van der Waals surface area contributed by atoms with Crippen molar-refractivity contribution in [2.75, 3.05) is 6.54 Å². The Kier molecular flexibility index (Phi) is 5.18. The third kappa shape index (κ3) is 3.71. The van der Waals surface area contributed by atoms with Gasteiger partial charge in [0.2, 0.25) is 17.7 Å². The van der Waals surface area contributed by atoms with Crippen LogP contribution >= 0.6 is 0 Å². The summed E-state index contributed by atoms with van der Waals surface area (Å²) in [6, 6.07) is -1.27. The van der Waals surface area contributed by atoms with Crippen molar-refractivity contribution in [1.29, 1.82) is 5.26 Å². The number of fused-ring (bicyclic) bond motifs is 2. The SMILES string of the molecule is C[C@H](NC(=O)C(F)(F)F)C(=O)N1C[C@H]2[C@@H]([C@H]1C(=O)NC(C#N)C[C@]13C[C@H](C1)NC3=O)C2(C)C. The minimum atomic E-state index is -5.13. The van der Waals surface area contributed by atoms with Gasteiger partial charge in [0.25, 0.3) is 0 Å². The van der Waals surface area contributed by atoms with Crippen LogP contribution in [0.4, 0.5) is 13.2 Å². The average molecular weight is 469 g/mol. The van der Waals surface area contributed by atoms with Crippen LogP contribution in [0.2, 0.25) is 0 Å². The minimum Gasteiger partial charge on any atom is -0.353 e. The Morgan fingerprint density at radius 3 is 2.42 bits per heavy atom. The molecule has 5 rings (SSSR count). The van der Waals surface area contributed by atoms with Gasteiger partial charge in [-0.25, -0.2) is 0 Å². The highest BCUT2D eigenvalue weighted by atomic mass is 19.4. The number of rotatable bonds is 6. The molecule has 4 amide bonds. The van der Waals surface area contributed by atoms with E-state index in [-0.39, 0.29) is 42.2 Å². The summed E-state index contributed by atoms with van der Waals surface area (Å²) in [4.78, 5) is 50.7. The van der Waals surface area contributed by atoms with Gasteiger partial charge in [0, 0.05) is 12.6 Å². The van der Waals surface area contributed by atoms with Crippen molar-refractivity contribution in [2.45, 2.75) is 70.4 Å². The Balaban J connectivity index is 1.45. The molecule has 2 saturated carbocycles. The number of nitrogens with zero attached hydrogens (tertiary/aromatic N) is 2. The van der Waals surface area contributed by atoms with E-state index in [1.807, 2.05) is 19.9 Å². The van der Waals surface area contributed by atoms with Crippen LogP contribution in [0.25, 0.3) is 0 Å². The topological polar surface area (TPSA) is 131 Å². The number of carbonyl (C=O) groups is 4. The molecule has 3 N–H and O–H groups in total. The summed E-state index contributed by atoms with van der Waals surface area (Å²) in [6.07, 6.45) is -3.75. The Morgan fingerprint density at radius 1 is 1.27 bits per heavy atom. The molecule has 5 atom stereocenters. The maximum Gasteiger partial charge on any atom is 0.471 e. The van der Waals surface area contributed by atoms with Gasteiger partial charge in [0.05, 0.1) is 11.5 Å². The highest BCUT2D eigenvalue weighted by molar-refractivity contribution is 5.94. The Hall–Kier alpha value is -2.84. The van der Waals surface area contributed by atoms with Crippen molar-refractivity contribution in [1.82, 2.24) is 20.9 Å². The molecule has 12 heteroatoms. The van der Waals surface area contributed by atoms with E-state index in [2.05, 4.69) is 10.6 Å². The van der Waals surface area contributed by atoms with Crippen LogP contribution in [0.3, 0.4) is 0 Å². The van der Waals surface area contributed by atoms with Gasteiger partial charge in [-0.3, -0.25) is 19.2 Å². The third-order valence-electron chi connectivity index (χ3n) is 7.89. The van der Waals surface area contributed by atoms with Crippen molar-refractivity contribution in [3.8, 4) is 6.07 Å². The highest BCUT2D eigenvalue weighted by Crippen LogP contribution is 2.65. The second-order valence-corrected chi connectivity index (χ2v) is 10.3. The summed E-state index contributed by atoms with van der Waals surface area (Å²) in [5.74, 6) is -3.96. The molecule has 0 aromatic carbocycles. The number of halogens is 3. The molecule has 2 bridgehead atoms. The van der Waals surface area contributed by atoms with Crippen molar-refractivity contribution in [2.24, 2.45) is 22.7 Å². The number of nitrogens with one attached hydrogen (secondary N) is 3. The zero-order valence-corrected chi connectivity index (χ0v) is 18.5. The van der Waals surface area contributed by atoms with E-state index in [0.29, 0.717) is 12.8 Å². The molecule has 5 fully saturated rings. The molecule has 33 heavy (non-hydrogen) atoms. The second-order valence-electron chi connectivity index (χ2n) is 10.3. The number of carbonyl (C=O) groups excluding carboxylic acids is 4. The Morgan fingerprint density at radius 2 is 1.91 bits per heavy atom. The lowest BCUT2D eigenvalue weighted by atomic mass is 9.66. The second kappa shape index (κ2) is 7.33. The average Bonchev–Trinajstić information content (AvgIpc) is 3.08. The first-order chi connectivity index (χ1) is 15.2. The molecule has 3 heterocycles. The fraction of sp³-hybridized carbons (Fsp3) is 0.762. The van der Waals surface area contributed by atoms with Gasteiger partial charge >= 0.3 is 12.1 Å². The van der Waals surface area contributed by atoms with Gasteiger partial charge < -0.3 is 20.9 Å². The molecule has 2 aliphatic carbocycles.